The molecule has 18 heavy (non-hydrogen) atoms. The summed E-state index contributed by atoms with van der Waals surface area (Å²) >= 11 is 0. The molecule has 5 nitrogen and oxygen atoms in total. The van der Waals surface area contributed by atoms with Crippen LogP contribution >= 0.6 is 0 Å². The van der Waals surface area contributed by atoms with Crippen LogP contribution < -0.4 is 4.74 Å². The zero-order valence-corrected chi connectivity index (χ0v) is 10.2. The first kappa shape index (κ1) is 12.4. The Labute approximate surface area is 105 Å². The molecule has 0 radical (unpaired) electrons. The molecule has 0 N–H and O–H groups in total. The Kier molecular flexibility index (Phi) is 3.82. The van der Waals surface area contributed by atoms with Gasteiger partial charge in [-0.1, -0.05) is 12.1 Å². The van der Waals surface area contributed by atoms with E-state index in [2.05, 4.69) is 0 Å². The molecule has 1 amide bonds. The predicted octanol–water partition coefficient (Wildman–Crippen LogP) is 1.43. The number of amides is 1. The van der Waals surface area contributed by atoms with Gasteiger partial charge in [0, 0.05) is 13.0 Å². The average Bonchev–Trinajstić information content (AvgIpc) is 2.81. The van der Waals surface area contributed by atoms with Crippen LogP contribution in [-0.4, -0.2) is 37.2 Å². The lowest BCUT2D eigenvalue weighted by Gasteiger charge is -2.15. The fourth-order valence-corrected chi connectivity index (χ4v) is 1.87. The van der Waals surface area contributed by atoms with Gasteiger partial charge >= 0.3 is 5.97 Å². The fraction of sp³-hybridized carbons (Fsp3) is 0.385. The second kappa shape index (κ2) is 5.53. The minimum Gasteiger partial charge on any atom is -0.496 e. The van der Waals surface area contributed by atoms with E-state index in [1.165, 1.54) is 12.0 Å². The van der Waals surface area contributed by atoms with Gasteiger partial charge in [0.2, 0.25) is 5.91 Å². The Morgan fingerprint density at radius 3 is 2.83 bits per heavy atom. The first-order valence-corrected chi connectivity index (χ1v) is 5.80. The summed E-state index contributed by atoms with van der Waals surface area (Å²) in [6.07, 6.45) is 1.36. The number of benzene rings is 1. The second-order valence-corrected chi connectivity index (χ2v) is 4.02. The molecular formula is C13H15NO4. The van der Waals surface area contributed by atoms with Gasteiger partial charge in [0.1, 0.15) is 11.3 Å². The summed E-state index contributed by atoms with van der Waals surface area (Å²) in [4.78, 5) is 24.7. The Balaban J connectivity index is 1.97. The molecule has 1 fully saturated rings. The van der Waals surface area contributed by atoms with Crippen molar-refractivity contribution in [2.75, 3.05) is 20.4 Å². The van der Waals surface area contributed by atoms with Crippen LogP contribution in [0.15, 0.2) is 24.3 Å². The van der Waals surface area contributed by atoms with Gasteiger partial charge in [-0.2, -0.15) is 0 Å². The summed E-state index contributed by atoms with van der Waals surface area (Å²) in [7, 11) is 1.50. The van der Waals surface area contributed by atoms with E-state index in [1.807, 2.05) is 0 Å². The van der Waals surface area contributed by atoms with Gasteiger partial charge < -0.3 is 14.4 Å². The molecule has 1 heterocycles. The molecule has 5 heteroatoms. The third-order valence-electron chi connectivity index (χ3n) is 2.85. The number of likely N-dealkylation sites (tertiary alicyclic amines) is 1. The highest BCUT2D eigenvalue weighted by Crippen LogP contribution is 2.18. The number of ether oxygens (including phenoxy) is 2. The number of hydrogen-bond donors (Lipinski definition) is 0. The zero-order valence-electron chi connectivity index (χ0n) is 10.2. The molecule has 0 unspecified atom stereocenters. The molecule has 1 aliphatic heterocycles. The number of hydrogen-bond acceptors (Lipinski definition) is 4. The number of rotatable bonds is 4. The summed E-state index contributed by atoms with van der Waals surface area (Å²) < 4.78 is 10.2. The molecule has 96 valence electrons. The van der Waals surface area contributed by atoms with Gasteiger partial charge in [-0.15, -0.1) is 0 Å². The molecule has 1 aromatic rings. The molecule has 0 aromatic heterocycles. The van der Waals surface area contributed by atoms with Gasteiger partial charge in [-0.05, 0) is 18.6 Å². The van der Waals surface area contributed by atoms with Crippen molar-refractivity contribution in [3.63, 3.8) is 0 Å². The summed E-state index contributed by atoms with van der Waals surface area (Å²) in [6, 6.07) is 6.84. The Morgan fingerprint density at radius 1 is 1.39 bits per heavy atom. The highest BCUT2D eigenvalue weighted by Gasteiger charge is 2.22. The molecule has 2 rings (SSSR count). The van der Waals surface area contributed by atoms with Crippen LogP contribution in [0, 0.1) is 0 Å². The van der Waals surface area contributed by atoms with E-state index in [9.17, 15) is 9.59 Å². The van der Waals surface area contributed by atoms with E-state index in [0.29, 0.717) is 24.3 Å². The molecule has 1 saturated heterocycles. The van der Waals surface area contributed by atoms with Crippen LogP contribution in [0.3, 0.4) is 0 Å². The highest BCUT2D eigenvalue weighted by molar-refractivity contribution is 5.92. The normalized spacial score (nSPS) is 14.7. The van der Waals surface area contributed by atoms with Crippen molar-refractivity contribution in [1.82, 2.24) is 4.90 Å². The van der Waals surface area contributed by atoms with E-state index < -0.39 is 5.97 Å². The summed E-state index contributed by atoms with van der Waals surface area (Å²) in [6.45, 7) is 0.660. The van der Waals surface area contributed by atoms with Crippen molar-refractivity contribution in [1.29, 1.82) is 0 Å². The third-order valence-corrected chi connectivity index (χ3v) is 2.85. The van der Waals surface area contributed by atoms with E-state index >= 15 is 0 Å². The van der Waals surface area contributed by atoms with E-state index in [4.69, 9.17) is 9.47 Å². The molecule has 1 aromatic carbocycles. The highest BCUT2D eigenvalue weighted by atomic mass is 16.5. The van der Waals surface area contributed by atoms with Gasteiger partial charge in [0.05, 0.1) is 7.11 Å². The smallest absolute Gasteiger partial charge is 0.343 e. The molecule has 0 saturated carbocycles. The lowest BCUT2D eigenvalue weighted by Crippen LogP contribution is -2.29. The Morgan fingerprint density at radius 2 is 2.17 bits per heavy atom. The van der Waals surface area contributed by atoms with Gasteiger partial charge in [0.25, 0.3) is 0 Å². The Bertz CT molecular complexity index is 458. The minimum atomic E-state index is -0.479. The van der Waals surface area contributed by atoms with Crippen LogP contribution in [0.2, 0.25) is 0 Å². The van der Waals surface area contributed by atoms with Crippen molar-refractivity contribution in [2.24, 2.45) is 0 Å². The van der Waals surface area contributed by atoms with Crippen LogP contribution in [0.25, 0.3) is 0 Å². The fourth-order valence-electron chi connectivity index (χ4n) is 1.87. The van der Waals surface area contributed by atoms with Crippen LogP contribution in [0.5, 0.6) is 5.75 Å². The number of carbonyl (C=O) groups is 2. The first-order valence-electron chi connectivity index (χ1n) is 5.80. The Hall–Kier alpha value is -2.04. The lowest BCUT2D eigenvalue weighted by atomic mass is 10.2. The van der Waals surface area contributed by atoms with Gasteiger partial charge in [-0.25, -0.2) is 4.79 Å². The van der Waals surface area contributed by atoms with Gasteiger partial charge in [0.15, 0.2) is 6.73 Å². The average molecular weight is 249 g/mol. The zero-order chi connectivity index (χ0) is 13.0. The second-order valence-electron chi connectivity index (χ2n) is 4.02. The van der Waals surface area contributed by atoms with E-state index in [-0.39, 0.29) is 12.6 Å². The maximum atomic E-state index is 11.8. The van der Waals surface area contributed by atoms with E-state index in [0.717, 1.165) is 6.42 Å². The van der Waals surface area contributed by atoms with Crippen molar-refractivity contribution < 1.29 is 19.1 Å². The molecule has 0 atom stereocenters. The van der Waals surface area contributed by atoms with Crippen molar-refractivity contribution in [3.05, 3.63) is 29.8 Å². The van der Waals surface area contributed by atoms with Gasteiger partial charge in [-0.3, -0.25) is 4.79 Å². The molecular weight excluding hydrogens is 234 g/mol. The standard InChI is InChI=1S/C13H15NO4/c1-17-11-6-3-2-5-10(11)13(16)18-9-14-8-4-7-12(14)15/h2-3,5-6H,4,7-9H2,1H3. The van der Waals surface area contributed by atoms with Crippen molar-refractivity contribution >= 4 is 11.9 Å². The van der Waals surface area contributed by atoms with Crippen molar-refractivity contribution in [2.45, 2.75) is 12.8 Å². The monoisotopic (exact) mass is 249 g/mol. The summed E-state index contributed by atoms with van der Waals surface area (Å²) in [5.74, 6) is 0.0187. The number of methoxy groups -OCH3 is 1. The van der Waals surface area contributed by atoms with Crippen molar-refractivity contribution in [3.8, 4) is 5.75 Å². The summed E-state index contributed by atoms with van der Waals surface area (Å²) in [5, 5.41) is 0. The maximum Gasteiger partial charge on any atom is 0.343 e. The summed E-state index contributed by atoms with van der Waals surface area (Å²) in [5.41, 5.74) is 0.367. The minimum absolute atomic E-state index is 0.00964. The molecule has 0 aliphatic carbocycles. The predicted molar refractivity (Wildman–Crippen MR) is 64.2 cm³/mol. The van der Waals surface area contributed by atoms with Crippen LogP contribution in [-0.2, 0) is 9.53 Å². The van der Waals surface area contributed by atoms with Crippen LogP contribution in [0.1, 0.15) is 23.2 Å². The largest absolute Gasteiger partial charge is 0.496 e. The number of esters is 1. The molecule has 0 spiro atoms. The third kappa shape index (κ3) is 2.61. The number of carbonyl (C=O) groups excluding carboxylic acids is 2. The first-order chi connectivity index (χ1) is 8.72. The maximum absolute atomic E-state index is 11.8. The topological polar surface area (TPSA) is 55.8 Å². The number of para-hydroxylation sites is 1. The lowest BCUT2D eigenvalue weighted by molar-refractivity contribution is -0.130. The molecule has 1 aliphatic rings. The molecule has 0 bridgehead atoms. The van der Waals surface area contributed by atoms with E-state index in [1.54, 1.807) is 24.3 Å². The number of nitrogens with zero attached hydrogens (tertiary/aromatic N) is 1. The SMILES string of the molecule is COc1ccccc1C(=O)OCN1CCCC1=O. The van der Waals surface area contributed by atoms with Crippen LogP contribution in [0.4, 0.5) is 0 Å². The quantitative estimate of drug-likeness (QED) is 0.757.